The number of hydrogen-bond donors (Lipinski definition) is 1. The fourth-order valence-electron chi connectivity index (χ4n) is 1.31. The molecule has 2 aromatic rings. The molecule has 1 aliphatic rings. The lowest BCUT2D eigenvalue weighted by atomic mass is 10.2. The minimum absolute atomic E-state index is 0.0695. The molecule has 3 rings (SSSR count). The van der Waals surface area contributed by atoms with E-state index in [0.717, 1.165) is 24.6 Å². The van der Waals surface area contributed by atoms with Crippen LogP contribution in [0.4, 0.5) is 0 Å². The number of fused-ring (bicyclic) bond motifs is 1. The zero-order valence-corrected chi connectivity index (χ0v) is 8.62. The van der Waals surface area contributed by atoms with Crippen LogP contribution < -0.4 is 5.32 Å². The van der Waals surface area contributed by atoms with Gasteiger partial charge in [-0.3, -0.25) is 4.79 Å². The minimum Gasteiger partial charge on any atom is -0.349 e. The fourth-order valence-corrected chi connectivity index (χ4v) is 1.79. The van der Waals surface area contributed by atoms with Gasteiger partial charge in [-0.25, -0.2) is 4.98 Å². The quantitative estimate of drug-likeness (QED) is 0.819. The Morgan fingerprint density at radius 2 is 2.33 bits per heavy atom. The van der Waals surface area contributed by atoms with Gasteiger partial charge in [0.1, 0.15) is 5.52 Å². The van der Waals surface area contributed by atoms with Crippen LogP contribution in [0, 0.1) is 0 Å². The number of pyridine rings is 1. The molecule has 76 valence electrons. The molecule has 0 saturated heterocycles. The third-order valence-corrected chi connectivity index (χ3v) is 2.82. The summed E-state index contributed by atoms with van der Waals surface area (Å²) >= 11 is 1.11. The van der Waals surface area contributed by atoms with Crippen molar-refractivity contribution in [3.63, 3.8) is 0 Å². The lowest BCUT2D eigenvalue weighted by Gasteiger charge is -2.01. The molecule has 1 fully saturated rings. The second kappa shape index (κ2) is 3.23. The maximum atomic E-state index is 11.7. The molecular formula is C9H8N4OS. The van der Waals surface area contributed by atoms with Crippen molar-refractivity contribution in [2.75, 3.05) is 0 Å². The highest BCUT2D eigenvalue weighted by Gasteiger charge is 2.24. The maximum Gasteiger partial charge on any atom is 0.253 e. The molecule has 1 amide bonds. The zero-order chi connectivity index (χ0) is 10.3. The molecule has 0 bridgehead atoms. The fraction of sp³-hybridized carbons (Fsp3) is 0.333. The SMILES string of the molecule is O=C(NC1CC1)c1cnc2nsnc2c1. The van der Waals surface area contributed by atoms with Crippen molar-refractivity contribution in [3.05, 3.63) is 17.8 Å². The second-order valence-electron chi connectivity index (χ2n) is 3.58. The van der Waals surface area contributed by atoms with Crippen LogP contribution in [0.5, 0.6) is 0 Å². The van der Waals surface area contributed by atoms with Crippen LogP contribution in [0.3, 0.4) is 0 Å². The van der Waals surface area contributed by atoms with E-state index in [1.807, 2.05) is 0 Å². The predicted octanol–water partition coefficient (Wildman–Crippen LogP) is 0.978. The summed E-state index contributed by atoms with van der Waals surface area (Å²) in [6.07, 6.45) is 3.71. The summed E-state index contributed by atoms with van der Waals surface area (Å²) in [5.41, 5.74) is 1.84. The Bertz CT molecular complexity index is 520. The molecule has 5 nitrogen and oxygen atoms in total. The average Bonchev–Trinajstić information content (AvgIpc) is 2.94. The Labute approximate surface area is 89.9 Å². The Balaban J connectivity index is 1.91. The molecule has 2 heterocycles. The first-order chi connectivity index (χ1) is 7.33. The predicted molar refractivity (Wildman–Crippen MR) is 55.7 cm³/mol. The normalized spacial score (nSPS) is 15.5. The van der Waals surface area contributed by atoms with E-state index in [4.69, 9.17) is 0 Å². The van der Waals surface area contributed by atoms with E-state index in [2.05, 4.69) is 19.0 Å². The van der Waals surface area contributed by atoms with E-state index < -0.39 is 0 Å². The van der Waals surface area contributed by atoms with Gasteiger partial charge in [0.15, 0.2) is 5.65 Å². The number of carbonyl (C=O) groups excluding carboxylic acids is 1. The van der Waals surface area contributed by atoms with Gasteiger partial charge in [-0.05, 0) is 18.9 Å². The first kappa shape index (κ1) is 8.72. The van der Waals surface area contributed by atoms with Crippen LogP contribution in [0.1, 0.15) is 23.2 Å². The topological polar surface area (TPSA) is 67.8 Å². The molecule has 1 aliphatic carbocycles. The molecule has 6 heteroatoms. The number of amides is 1. The van der Waals surface area contributed by atoms with Crippen molar-refractivity contribution < 1.29 is 4.79 Å². The summed E-state index contributed by atoms with van der Waals surface area (Å²) in [6, 6.07) is 2.09. The molecule has 1 N–H and O–H groups in total. The van der Waals surface area contributed by atoms with E-state index >= 15 is 0 Å². The van der Waals surface area contributed by atoms with Crippen LogP contribution in [-0.4, -0.2) is 25.7 Å². The number of hydrogen-bond acceptors (Lipinski definition) is 5. The van der Waals surface area contributed by atoms with E-state index in [1.54, 1.807) is 12.3 Å². The van der Waals surface area contributed by atoms with Crippen LogP contribution in [0.2, 0.25) is 0 Å². The Kier molecular flexibility index (Phi) is 1.88. The largest absolute Gasteiger partial charge is 0.349 e. The summed E-state index contributed by atoms with van der Waals surface area (Å²) in [6.45, 7) is 0. The highest BCUT2D eigenvalue weighted by molar-refractivity contribution is 7.00. The van der Waals surface area contributed by atoms with Gasteiger partial charge in [0, 0.05) is 12.2 Å². The number of carbonyl (C=O) groups is 1. The third kappa shape index (κ3) is 1.68. The van der Waals surface area contributed by atoms with Crippen molar-refractivity contribution in [2.45, 2.75) is 18.9 Å². The van der Waals surface area contributed by atoms with Crippen molar-refractivity contribution in [1.82, 2.24) is 19.0 Å². The van der Waals surface area contributed by atoms with Gasteiger partial charge in [0.25, 0.3) is 5.91 Å². The maximum absolute atomic E-state index is 11.7. The first-order valence-electron chi connectivity index (χ1n) is 4.72. The molecule has 0 spiro atoms. The summed E-state index contributed by atoms with van der Waals surface area (Å²) in [4.78, 5) is 15.7. The molecule has 15 heavy (non-hydrogen) atoms. The molecule has 0 aliphatic heterocycles. The van der Waals surface area contributed by atoms with Gasteiger partial charge in [0.2, 0.25) is 0 Å². The third-order valence-electron chi connectivity index (χ3n) is 2.29. The number of rotatable bonds is 2. The molecule has 0 radical (unpaired) electrons. The van der Waals surface area contributed by atoms with Crippen molar-refractivity contribution in [2.24, 2.45) is 0 Å². The van der Waals surface area contributed by atoms with Crippen molar-refractivity contribution >= 4 is 28.8 Å². The Morgan fingerprint density at radius 3 is 3.13 bits per heavy atom. The summed E-state index contributed by atoms with van der Waals surface area (Å²) in [7, 11) is 0. The number of nitrogens with one attached hydrogen (secondary N) is 1. The lowest BCUT2D eigenvalue weighted by molar-refractivity contribution is 0.0951. The minimum atomic E-state index is -0.0695. The van der Waals surface area contributed by atoms with E-state index in [-0.39, 0.29) is 5.91 Å². The first-order valence-corrected chi connectivity index (χ1v) is 5.45. The van der Waals surface area contributed by atoms with Gasteiger partial charge in [0.05, 0.1) is 17.3 Å². The molecule has 0 aromatic carbocycles. The van der Waals surface area contributed by atoms with Crippen LogP contribution >= 0.6 is 11.7 Å². The molecule has 1 saturated carbocycles. The van der Waals surface area contributed by atoms with Crippen LogP contribution in [0.25, 0.3) is 11.2 Å². The van der Waals surface area contributed by atoms with Crippen molar-refractivity contribution in [3.8, 4) is 0 Å². The van der Waals surface area contributed by atoms with Crippen LogP contribution in [-0.2, 0) is 0 Å². The van der Waals surface area contributed by atoms with E-state index in [1.165, 1.54) is 0 Å². The van der Waals surface area contributed by atoms with Gasteiger partial charge in [-0.15, -0.1) is 0 Å². The number of nitrogens with zero attached hydrogens (tertiary/aromatic N) is 3. The summed E-state index contributed by atoms with van der Waals surface area (Å²) < 4.78 is 8.02. The summed E-state index contributed by atoms with van der Waals surface area (Å²) in [5.74, 6) is -0.0695. The highest BCUT2D eigenvalue weighted by Crippen LogP contribution is 2.19. The summed E-state index contributed by atoms with van der Waals surface area (Å²) in [5, 5.41) is 2.90. The molecular weight excluding hydrogens is 212 g/mol. The van der Waals surface area contributed by atoms with Gasteiger partial charge < -0.3 is 5.32 Å². The standard InChI is InChI=1S/C9H8N4OS/c14-9(11-6-1-2-6)5-3-7-8(10-4-5)13-15-12-7/h3-4,6H,1-2H2,(H,11,14). The van der Waals surface area contributed by atoms with Crippen molar-refractivity contribution in [1.29, 1.82) is 0 Å². The monoisotopic (exact) mass is 220 g/mol. The Hall–Kier alpha value is -1.56. The van der Waals surface area contributed by atoms with Crippen LogP contribution in [0.15, 0.2) is 12.3 Å². The lowest BCUT2D eigenvalue weighted by Crippen LogP contribution is -2.25. The van der Waals surface area contributed by atoms with E-state index in [0.29, 0.717) is 22.8 Å². The number of aromatic nitrogens is 3. The zero-order valence-electron chi connectivity index (χ0n) is 7.80. The molecule has 2 aromatic heterocycles. The molecule has 0 atom stereocenters. The average molecular weight is 220 g/mol. The molecule has 0 unspecified atom stereocenters. The smallest absolute Gasteiger partial charge is 0.253 e. The van der Waals surface area contributed by atoms with Gasteiger partial charge >= 0.3 is 0 Å². The van der Waals surface area contributed by atoms with Gasteiger partial charge in [-0.1, -0.05) is 0 Å². The Morgan fingerprint density at radius 1 is 1.47 bits per heavy atom. The highest BCUT2D eigenvalue weighted by atomic mass is 32.1. The second-order valence-corrected chi connectivity index (χ2v) is 4.11. The van der Waals surface area contributed by atoms with E-state index in [9.17, 15) is 4.79 Å². The van der Waals surface area contributed by atoms with Gasteiger partial charge in [-0.2, -0.15) is 8.75 Å².